The summed E-state index contributed by atoms with van der Waals surface area (Å²) in [6.07, 6.45) is 3.56. The van der Waals surface area contributed by atoms with E-state index in [0.29, 0.717) is 10.3 Å². The quantitative estimate of drug-likeness (QED) is 0.609. The summed E-state index contributed by atoms with van der Waals surface area (Å²) in [5.41, 5.74) is 3.10. The first kappa shape index (κ1) is 8.10. The molecule has 0 aromatic rings. The summed E-state index contributed by atoms with van der Waals surface area (Å²) in [6.45, 7) is 2.01. The number of hydrazine groups is 1. The molecule has 0 radical (unpaired) electrons. The Hall–Kier alpha value is -0.510. The Kier molecular flexibility index (Phi) is 1.87. The summed E-state index contributed by atoms with van der Waals surface area (Å²) in [6, 6.07) is 0.244. The highest BCUT2D eigenvalue weighted by Crippen LogP contribution is 2.25. The number of allylic oxidation sites excluding steroid dienone is 1. The molecule has 0 fully saturated rings. The second-order valence-electron chi connectivity index (χ2n) is 2.68. The molecular formula is C7H7Cl2N3. The lowest BCUT2D eigenvalue weighted by Gasteiger charge is -2.22. The molecule has 0 saturated heterocycles. The van der Waals surface area contributed by atoms with Gasteiger partial charge >= 0.3 is 0 Å². The van der Waals surface area contributed by atoms with E-state index in [0.717, 1.165) is 5.82 Å². The molecule has 1 atom stereocenters. The van der Waals surface area contributed by atoms with Crippen molar-refractivity contribution in [3.63, 3.8) is 0 Å². The molecule has 0 aliphatic carbocycles. The Morgan fingerprint density at radius 3 is 3.08 bits per heavy atom. The monoisotopic (exact) mass is 203 g/mol. The van der Waals surface area contributed by atoms with E-state index < -0.39 is 0 Å². The van der Waals surface area contributed by atoms with Crippen LogP contribution in [0.2, 0.25) is 0 Å². The molecule has 2 aliphatic heterocycles. The molecule has 12 heavy (non-hydrogen) atoms. The van der Waals surface area contributed by atoms with Crippen molar-refractivity contribution < 1.29 is 0 Å². The summed E-state index contributed by atoms with van der Waals surface area (Å²) in [5.74, 6) is 0.764. The molecule has 5 heteroatoms. The summed E-state index contributed by atoms with van der Waals surface area (Å²) in [7, 11) is 0. The molecule has 0 aromatic carbocycles. The van der Waals surface area contributed by atoms with Gasteiger partial charge in [0, 0.05) is 12.1 Å². The fourth-order valence-corrected chi connectivity index (χ4v) is 1.65. The van der Waals surface area contributed by atoms with Gasteiger partial charge in [0.2, 0.25) is 0 Å². The second kappa shape index (κ2) is 2.76. The number of nitrogens with one attached hydrogen (secondary N) is 1. The van der Waals surface area contributed by atoms with Crippen LogP contribution in [-0.2, 0) is 0 Å². The minimum atomic E-state index is 0.244. The topological polar surface area (TPSA) is 27.6 Å². The van der Waals surface area contributed by atoms with Crippen molar-refractivity contribution in [2.24, 2.45) is 4.99 Å². The number of fused-ring (bicyclic) bond motifs is 1. The number of hydrogen-bond acceptors (Lipinski definition) is 3. The average molecular weight is 204 g/mol. The average Bonchev–Trinajstić information content (AvgIpc) is 2.29. The number of hydrogen-bond donors (Lipinski definition) is 1. The van der Waals surface area contributed by atoms with Crippen LogP contribution in [0.1, 0.15) is 6.92 Å². The Morgan fingerprint density at radius 2 is 2.33 bits per heavy atom. The van der Waals surface area contributed by atoms with Crippen LogP contribution >= 0.6 is 23.2 Å². The van der Waals surface area contributed by atoms with Crippen LogP contribution in [0.3, 0.4) is 0 Å². The van der Waals surface area contributed by atoms with E-state index in [-0.39, 0.29) is 6.04 Å². The maximum absolute atomic E-state index is 5.90. The van der Waals surface area contributed by atoms with Crippen molar-refractivity contribution in [2.45, 2.75) is 13.0 Å². The van der Waals surface area contributed by atoms with Crippen LogP contribution in [-0.4, -0.2) is 16.2 Å². The van der Waals surface area contributed by atoms with Gasteiger partial charge in [-0.15, -0.1) is 0 Å². The number of aliphatic imine (C=N–C) groups is 1. The van der Waals surface area contributed by atoms with Crippen molar-refractivity contribution in [3.05, 3.63) is 23.1 Å². The first-order chi connectivity index (χ1) is 5.66. The lowest BCUT2D eigenvalue weighted by Crippen LogP contribution is -2.34. The predicted molar refractivity (Wildman–Crippen MR) is 49.7 cm³/mol. The van der Waals surface area contributed by atoms with E-state index in [1.165, 1.54) is 0 Å². The Balaban J connectivity index is 2.37. The van der Waals surface area contributed by atoms with E-state index in [1.54, 1.807) is 11.1 Å². The minimum Gasteiger partial charge on any atom is -0.248 e. The highest BCUT2D eigenvalue weighted by molar-refractivity contribution is 6.69. The van der Waals surface area contributed by atoms with Crippen molar-refractivity contribution >= 4 is 28.4 Å². The first-order valence-corrected chi connectivity index (χ1v) is 4.32. The van der Waals surface area contributed by atoms with Gasteiger partial charge in [0.15, 0.2) is 0 Å². The van der Waals surface area contributed by atoms with Crippen LogP contribution in [0, 0.1) is 0 Å². The first-order valence-electron chi connectivity index (χ1n) is 3.56. The minimum absolute atomic E-state index is 0.244. The third kappa shape index (κ3) is 1.24. The number of halogens is 2. The fourth-order valence-electron chi connectivity index (χ4n) is 1.17. The summed E-state index contributed by atoms with van der Waals surface area (Å²) < 4.78 is 0. The molecule has 0 amide bonds. The van der Waals surface area contributed by atoms with Gasteiger partial charge in [-0.3, -0.25) is 0 Å². The van der Waals surface area contributed by atoms with E-state index in [2.05, 4.69) is 10.4 Å². The molecule has 1 N–H and O–H groups in total. The third-order valence-corrected chi connectivity index (χ3v) is 2.11. The summed E-state index contributed by atoms with van der Waals surface area (Å²) in [5, 5.41) is 2.67. The normalized spacial score (nSPS) is 27.8. The Labute approximate surface area is 80.3 Å². The molecule has 0 spiro atoms. The summed E-state index contributed by atoms with van der Waals surface area (Å²) >= 11 is 11.6. The highest BCUT2D eigenvalue weighted by Gasteiger charge is 2.24. The van der Waals surface area contributed by atoms with E-state index in [1.807, 2.05) is 13.0 Å². The van der Waals surface area contributed by atoms with Crippen molar-refractivity contribution in [1.82, 2.24) is 10.4 Å². The molecule has 0 bridgehead atoms. The standard InChI is InChI=1S/C7H7Cl2N3/c1-4-2-7-10-5(8)3-6(9)12(7)11-4/h2-4,11H,1H3. The van der Waals surface area contributed by atoms with Gasteiger partial charge in [-0.2, -0.15) is 0 Å². The van der Waals surface area contributed by atoms with E-state index in [4.69, 9.17) is 23.2 Å². The van der Waals surface area contributed by atoms with Gasteiger partial charge in [0.1, 0.15) is 16.1 Å². The van der Waals surface area contributed by atoms with Gasteiger partial charge in [0.05, 0.1) is 0 Å². The fraction of sp³-hybridized carbons (Fsp3) is 0.286. The van der Waals surface area contributed by atoms with Crippen LogP contribution in [0.4, 0.5) is 0 Å². The van der Waals surface area contributed by atoms with Gasteiger partial charge < -0.3 is 0 Å². The van der Waals surface area contributed by atoms with Crippen LogP contribution in [0.25, 0.3) is 0 Å². The molecule has 0 saturated carbocycles. The lowest BCUT2D eigenvalue weighted by molar-refractivity contribution is 0.339. The zero-order valence-electron chi connectivity index (χ0n) is 6.38. The van der Waals surface area contributed by atoms with Crippen LogP contribution in [0.5, 0.6) is 0 Å². The van der Waals surface area contributed by atoms with Crippen molar-refractivity contribution in [3.8, 4) is 0 Å². The maximum Gasteiger partial charge on any atom is 0.147 e. The van der Waals surface area contributed by atoms with E-state index in [9.17, 15) is 0 Å². The van der Waals surface area contributed by atoms with Gasteiger partial charge in [0.25, 0.3) is 0 Å². The number of rotatable bonds is 0. The lowest BCUT2D eigenvalue weighted by atomic mass is 10.3. The van der Waals surface area contributed by atoms with Gasteiger partial charge in [-0.05, 0) is 13.0 Å². The Morgan fingerprint density at radius 1 is 1.58 bits per heavy atom. The molecule has 0 aromatic heterocycles. The van der Waals surface area contributed by atoms with Crippen LogP contribution in [0.15, 0.2) is 28.1 Å². The molecule has 2 aliphatic rings. The molecule has 1 unspecified atom stereocenters. The second-order valence-corrected chi connectivity index (χ2v) is 3.45. The highest BCUT2D eigenvalue weighted by atomic mass is 35.5. The van der Waals surface area contributed by atoms with Gasteiger partial charge in [-0.25, -0.2) is 15.4 Å². The predicted octanol–water partition coefficient (Wildman–Crippen LogP) is 1.77. The zero-order valence-corrected chi connectivity index (χ0v) is 7.89. The molecule has 2 rings (SSSR count). The number of nitrogens with zero attached hydrogens (tertiary/aromatic N) is 2. The van der Waals surface area contributed by atoms with Crippen molar-refractivity contribution in [2.75, 3.05) is 0 Å². The molecule has 2 heterocycles. The smallest absolute Gasteiger partial charge is 0.147 e. The van der Waals surface area contributed by atoms with Gasteiger partial charge in [-0.1, -0.05) is 23.2 Å². The molecule has 3 nitrogen and oxygen atoms in total. The molecule has 64 valence electrons. The SMILES string of the molecule is CC1C=C2N=C(Cl)C=C(Cl)N2N1. The summed E-state index contributed by atoms with van der Waals surface area (Å²) in [4.78, 5) is 4.09. The van der Waals surface area contributed by atoms with Crippen LogP contribution < -0.4 is 5.43 Å². The zero-order chi connectivity index (χ0) is 8.72. The maximum atomic E-state index is 5.90. The molecular weight excluding hydrogens is 197 g/mol. The van der Waals surface area contributed by atoms with E-state index >= 15 is 0 Å². The Bertz CT molecular complexity index is 306. The third-order valence-electron chi connectivity index (χ3n) is 1.63. The van der Waals surface area contributed by atoms with Crippen molar-refractivity contribution in [1.29, 1.82) is 0 Å². The largest absolute Gasteiger partial charge is 0.248 e.